The van der Waals surface area contributed by atoms with Crippen molar-refractivity contribution in [3.8, 4) is 11.5 Å². The van der Waals surface area contributed by atoms with Crippen molar-refractivity contribution in [1.29, 1.82) is 0 Å². The molecule has 0 unspecified atom stereocenters. The molecule has 1 heterocycles. The number of carbonyl (C=O) groups is 1. The fraction of sp³-hybridized carbons (Fsp3) is 0.333. The van der Waals surface area contributed by atoms with Crippen LogP contribution in [0.3, 0.4) is 0 Å². The highest BCUT2D eigenvalue weighted by atomic mass is 35.5. The van der Waals surface area contributed by atoms with Crippen molar-refractivity contribution in [1.82, 2.24) is 9.88 Å². The molecule has 2 aromatic carbocycles. The minimum Gasteiger partial charge on any atom is -0.492 e. The van der Waals surface area contributed by atoms with E-state index in [9.17, 15) is 9.18 Å². The number of anilines is 1. The Morgan fingerprint density at radius 1 is 1.10 bits per heavy atom. The summed E-state index contributed by atoms with van der Waals surface area (Å²) in [4.78, 5) is 21.2. The van der Waals surface area contributed by atoms with E-state index < -0.39 is 0 Å². The van der Waals surface area contributed by atoms with E-state index in [4.69, 9.17) is 9.47 Å². The van der Waals surface area contributed by atoms with Crippen LogP contribution in [0.4, 0.5) is 9.52 Å². The monoisotopic (exact) mass is 453 g/mol. The number of amides is 1. The van der Waals surface area contributed by atoms with Gasteiger partial charge in [0.1, 0.15) is 22.8 Å². The predicted octanol–water partition coefficient (Wildman–Crippen LogP) is 4.23. The van der Waals surface area contributed by atoms with E-state index in [0.717, 1.165) is 10.2 Å². The Bertz CT molecular complexity index is 966. The van der Waals surface area contributed by atoms with E-state index in [0.29, 0.717) is 36.3 Å². The maximum atomic E-state index is 13.0. The molecule has 0 bridgehead atoms. The molecule has 0 saturated carbocycles. The highest BCUT2D eigenvalue weighted by Crippen LogP contribution is 2.34. The number of aromatic nitrogens is 1. The maximum Gasteiger partial charge on any atom is 0.266 e. The number of nitrogens with zero attached hydrogens (tertiary/aromatic N) is 3. The van der Waals surface area contributed by atoms with E-state index in [2.05, 4.69) is 4.98 Å². The number of hydrogen-bond donors (Lipinski definition) is 0. The Morgan fingerprint density at radius 2 is 1.83 bits per heavy atom. The number of carbonyl (C=O) groups excluding carboxylic acids is 1. The minimum absolute atomic E-state index is 0. The van der Waals surface area contributed by atoms with Crippen LogP contribution in [-0.2, 0) is 4.79 Å². The average molecular weight is 454 g/mol. The summed E-state index contributed by atoms with van der Waals surface area (Å²) in [5.41, 5.74) is 0.747. The molecular weight excluding hydrogens is 429 g/mol. The Kier molecular flexibility index (Phi) is 8.83. The molecule has 0 fully saturated rings. The molecule has 0 aliphatic heterocycles. The van der Waals surface area contributed by atoms with Crippen LogP contribution in [0.15, 0.2) is 42.5 Å². The fourth-order valence-electron chi connectivity index (χ4n) is 2.68. The Labute approximate surface area is 185 Å². The molecule has 9 heteroatoms. The second-order valence-corrected chi connectivity index (χ2v) is 7.63. The van der Waals surface area contributed by atoms with E-state index in [1.165, 1.54) is 35.6 Å². The van der Waals surface area contributed by atoms with Crippen molar-refractivity contribution in [2.75, 3.05) is 45.3 Å². The summed E-state index contributed by atoms with van der Waals surface area (Å²) in [5, 5.41) is 0.599. The van der Waals surface area contributed by atoms with Gasteiger partial charge in [0.2, 0.25) is 0 Å². The highest BCUT2D eigenvalue weighted by Gasteiger charge is 2.21. The number of hydrogen-bond acceptors (Lipinski definition) is 6. The third kappa shape index (κ3) is 6.04. The molecule has 3 rings (SSSR count). The van der Waals surface area contributed by atoms with Crippen LogP contribution in [0.1, 0.15) is 6.92 Å². The summed E-state index contributed by atoms with van der Waals surface area (Å²) < 4.78 is 25.2. The zero-order valence-corrected chi connectivity index (χ0v) is 18.8. The molecule has 162 valence electrons. The summed E-state index contributed by atoms with van der Waals surface area (Å²) in [7, 11) is 3.90. The number of fused-ring (bicyclic) bond motifs is 1. The number of thiazole rings is 1. The number of ether oxygens (including phenoxy) is 2. The normalized spacial score (nSPS) is 10.7. The molecule has 0 N–H and O–H groups in total. The lowest BCUT2D eigenvalue weighted by atomic mass is 10.3. The van der Waals surface area contributed by atoms with Crippen LogP contribution in [0.2, 0.25) is 0 Å². The van der Waals surface area contributed by atoms with Crippen LogP contribution >= 0.6 is 23.7 Å². The molecule has 0 saturated heterocycles. The van der Waals surface area contributed by atoms with E-state index in [1.807, 2.05) is 44.1 Å². The summed E-state index contributed by atoms with van der Waals surface area (Å²) in [6.45, 7) is 3.46. The first-order valence-corrected chi connectivity index (χ1v) is 10.2. The minimum atomic E-state index is -0.351. The highest BCUT2D eigenvalue weighted by molar-refractivity contribution is 7.22. The summed E-state index contributed by atoms with van der Waals surface area (Å²) in [5.74, 6) is 0.578. The summed E-state index contributed by atoms with van der Waals surface area (Å²) in [6.07, 6.45) is 0. The zero-order valence-electron chi connectivity index (χ0n) is 17.1. The van der Waals surface area contributed by atoms with Gasteiger partial charge in [-0.1, -0.05) is 17.4 Å². The summed E-state index contributed by atoms with van der Waals surface area (Å²) in [6, 6.07) is 11.3. The molecule has 0 spiro atoms. The van der Waals surface area contributed by atoms with E-state index in [1.54, 1.807) is 4.90 Å². The second-order valence-electron chi connectivity index (χ2n) is 6.62. The zero-order chi connectivity index (χ0) is 20.8. The molecule has 0 radical (unpaired) electrons. The average Bonchev–Trinajstić information content (AvgIpc) is 3.12. The largest absolute Gasteiger partial charge is 0.492 e. The van der Waals surface area contributed by atoms with Crippen LogP contribution in [-0.4, -0.2) is 56.2 Å². The smallest absolute Gasteiger partial charge is 0.266 e. The number of likely N-dealkylation sites (N-methyl/N-ethyl adjacent to an activating group) is 1. The summed E-state index contributed by atoms with van der Waals surface area (Å²) >= 11 is 1.44. The molecule has 1 aromatic heterocycles. The molecular formula is C21H25ClFN3O3S. The van der Waals surface area contributed by atoms with E-state index in [-0.39, 0.29) is 30.7 Å². The number of benzene rings is 2. The van der Waals surface area contributed by atoms with Crippen molar-refractivity contribution < 1.29 is 18.7 Å². The lowest BCUT2D eigenvalue weighted by molar-refractivity contribution is -0.120. The first kappa shape index (κ1) is 23.9. The molecule has 0 aliphatic carbocycles. The molecule has 1 amide bonds. The van der Waals surface area contributed by atoms with Gasteiger partial charge >= 0.3 is 0 Å². The molecule has 0 atom stereocenters. The van der Waals surface area contributed by atoms with Crippen molar-refractivity contribution >= 4 is 45.0 Å². The maximum absolute atomic E-state index is 13.0. The Balaban J connectivity index is 0.00000320. The third-order valence-electron chi connectivity index (χ3n) is 4.15. The van der Waals surface area contributed by atoms with Crippen molar-refractivity contribution in [2.45, 2.75) is 6.92 Å². The fourth-order valence-corrected chi connectivity index (χ4v) is 3.71. The predicted molar refractivity (Wildman–Crippen MR) is 121 cm³/mol. The quantitative estimate of drug-likeness (QED) is 0.485. The lowest BCUT2D eigenvalue weighted by Gasteiger charge is -2.22. The van der Waals surface area contributed by atoms with Gasteiger partial charge in [0.25, 0.3) is 5.91 Å². The first-order valence-electron chi connectivity index (χ1n) is 9.33. The molecule has 0 aliphatic rings. The van der Waals surface area contributed by atoms with Gasteiger partial charge in [0, 0.05) is 13.1 Å². The van der Waals surface area contributed by atoms with Gasteiger partial charge in [0.15, 0.2) is 11.7 Å². The Hall–Kier alpha value is -2.42. The van der Waals surface area contributed by atoms with Crippen molar-refractivity contribution in [3.63, 3.8) is 0 Å². The van der Waals surface area contributed by atoms with Crippen molar-refractivity contribution in [3.05, 3.63) is 48.3 Å². The molecule has 3 aromatic rings. The van der Waals surface area contributed by atoms with Crippen LogP contribution in [0, 0.1) is 5.82 Å². The van der Waals surface area contributed by atoms with E-state index >= 15 is 0 Å². The lowest BCUT2D eigenvalue weighted by Crippen LogP contribution is -2.39. The number of para-hydroxylation sites is 1. The Morgan fingerprint density at radius 3 is 2.50 bits per heavy atom. The number of rotatable bonds is 9. The van der Waals surface area contributed by atoms with Gasteiger partial charge in [-0.2, -0.15) is 0 Å². The third-order valence-corrected chi connectivity index (χ3v) is 5.19. The van der Waals surface area contributed by atoms with Gasteiger partial charge in [-0.25, -0.2) is 9.37 Å². The molecule has 6 nitrogen and oxygen atoms in total. The standard InChI is InChI=1S/C21H24FN3O3S.ClH/c1-4-27-17-6-5-7-18-20(17)23-21(29-18)25(13-12-24(2)3)19(26)14-28-16-10-8-15(22)9-11-16;/h5-11H,4,12-14H2,1-3H3;1H. The van der Waals surface area contributed by atoms with Crippen LogP contribution in [0.25, 0.3) is 10.2 Å². The van der Waals surface area contributed by atoms with Crippen molar-refractivity contribution in [2.24, 2.45) is 0 Å². The van der Waals surface area contributed by atoms with Crippen LogP contribution < -0.4 is 14.4 Å². The second kappa shape index (κ2) is 11.1. The van der Waals surface area contributed by atoms with Gasteiger partial charge in [-0.3, -0.25) is 9.69 Å². The first-order chi connectivity index (χ1) is 14.0. The van der Waals surface area contributed by atoms with Gasteiger partial charge in [-0.15, -0.1) is 12.4 Å². The van der Waals surface area contributed by atoms with Crippen LogP contribution in [0.5, 0.6) is 11.5 Å². The topological polar surface area (TPSA) is 54.9 Å². The van der Waals surface area contributed by atoms with Gasteiger partial charge in [-0.05, 0) is 57.4 Å². The van der Waals surface area contributed by atoms with Gasteiger partial charge in [0.05, 0.1) is 11.3 Å². The van der Waals surface area contributed by atoms with Gasteiger partial charge < -0.3 is 14.4 Å². The SMILES string of the molecule is CCOc1cccc2sc(N(CCN(C)C)C(=O)COc3ccc(F)cc3)nc12.Cl. The number of halogens is 2. The molecule has 30 heavy (non-hydrogen) atoms.